The van der Waals surface area contributed by atoms with Gasteiger partial charge in [0.15, 0.2) is 0 Å². The van der Waals surface area contributed by atoms with Crippen molar-refractivity contribution in [2.24, 2.45) is 0 Å². The SMILES string of the molecule is COCCN1C(=O)c2ccccc2[C@@H](C(=O)Nc2cc(Cl)ccc2OC)C12CCCC2. The zero-order chi connectivity index (χ0) is 22.0. The van der Waals surface area contributed by atoms with Crippen LogP contribution < -0.4 is 10.1 Å². The van der Waals surface area contributed by atoms with E-state index >= 15 is 0 Å². The summed E-state index contributed by atoms with van der Waals surface area (Å²) < 4.78 is 10.7. The molecule has 1 N–H and O–H groups in total. The molecule has 164 valence electrons. The molecule has 2 aromatic carbocycles. The number of nitrogens with zero attached hydrogens (tertiary/aromatic N) is 1. The fraction of sp³-hybridized carbons (Fsp3) is 0.417. The second-order valence-electron chi connectivity index (χ2n) is 8.11. The van der Waals surface area contributed by atoms with Crippen LogP contribution in [0.3, 0.4) is 0 Å². The molecule has 7 heteroatoms. The van der Waals surface area contributed by atoms with Gasteiger partial charge in [0.2, 0.25) is 5.91 Å². The lowest BCUT2D eigenvalue weighted by Crippen LogP contribution is -2.60. The second-order valence-corrected chi connectivity index (χ2v) is 8.55. The lowest BCUT2D eigenvalue weighted by atomic mass is 9.71. The lowest BCUT2D eigenvalue weighted by Gasteiger charge is -2.50. The third kappa shape index (κ3) is 3.79. The van der Waals surface area contributed by atoms with E-state index in [1.165, 1.54) is 0 Å². The second kappa shape index (κ2) is 8.89. The Morgan fingerprint density at radius 1 is 1.19 bits per heavy atom. The summed E-state index contributed by atoms with van der Waals surface area (Å²) in [7, 11) is 3.18. The van der Waals surface area contributed by atoms with Crippen LogP contribution in [0, 0.1) is 0 Å². The maximum absolute atomic E-state index is 13.8. The van der Waals surface area contributed by atoms with Gasteiger partial charge in [-0.3, -0.25) is 9.59 Å². The molecular weight excluding hydrogens is 416 g/mol. The van der Waals surface area contributed by atoms with Crippen LogP contribution in [0.5, 0.6) is 5.75 Å². The summed E-state index contributed by atoms with van der Waals surface area (Å²) in [5, 5.41) is 3.55. The zero-order valence-corrected chi connectivity index (χ0v) is 18.6. The number of nitrogens with one attached hydrogen (secondary N) is 1. The van der Waals surface area contributed by atoms with Crippen LogP contribution in [0.15, 0.2) is 42.5 Å². The van der Waals surface area contributed by atoms with Crippen molar-refractivity contribution >= 4 is 29.1 Å². The number of fused-ring (bicyclic) bond motifs is 1. The molecule has 0 aromatic heterocycles. The normalized spacial score (nSPS) is 19.4. The fourth-order valence-electron chi connectivity index (χ4n) is 5.16. The Balaban J connectivity index is 1.80. The summed E-state index contributed by atoms with van der Waals surface area (Å²) in [6.07, 6.45) is 3.51. The Hall–Kier alpha value is -2.57. The average molecular weight is 443 g/mol. The molecule has 6 nitrogen and oxygen atoms in total. The summed E-state index contributed by atoms with van der Waals surface area (Å²) >= 11 is 6.17. The summed E-state index contributed by atoms with van der Waals surface area (Å²) in [4.78, 5) is 29.2. The first kappa shape index (κ1) is 21.7. The van der Waals surface area contributed by atoms with Gasteiger partial charge in [-0.1, -0.05) is 42.6 Å². The molecule has 0 bridgehead atoms. The molecule has 1 heterocycles. The van der Waals surface area contributed by atoms with Gasteiger partial charge < -0.3 is 19.7 Å². The maximum atomic E-state index is 13.8. The minimum Gasteiger partial charge on any atom is -0.495 e. The highest BCUT2D eigenvalue weighted by Gasteiger charge is 2.55. The van der Waals surface area contributed by atoms with Crippen molar-refractivity contribution in [1.29, 1.82) is 0 Å². The first-order chi connectivity index (χ1) is 15.0. The van der Waals surface area contributed by atoms with Crippen LogP contribution in [0.1, 0.15) is 47.5 Å². The number of amides is 2. The van der Waals surface area contributed by atoms with Gasteiger partial charge >= 0.3 is 0 Å². The van der Waals surface area contributed by atoms with Gasteiger partial charge in [-0.15, -0.1) is 0 Å². The van der Waals surface area contributed by atoms with Crippen LogP contribution >= 0.6 is 11.6 Å². The van der Waals surface area contributed by atoms with Crippen LogP contribution in [-0.4, -0.2) is 49.6 Å². The van der Waals surface area contributed by atoms with Crippen molar-refractivity contribution in [2.75, 3.05) is 32.7 Å². The van der Waals surface area contributed by atoms with Gasteiger partial charge in [-0.2, -0.15) is 0 Å². The number of hydrogen-bond acceptors (Lipinski definition) is 4. The largest absolute Gasteiger partial charge is 0.495 e. The number of ether oxygens (including phenoxy) is 2. The molecule has 31 heavy (non-hydrogen) atoms. The standard InChI is InChI=1S/C24H27ClN2O4/c1-30-14-13-27-23(29)18-8-4-3-7-17(18)21(24(27)11-5-6-12-24)22(28)26-19-15-16(25)9-10-20(19)31-2/h3-4,7-10,15,21H,5-6,11-14H2,1-2H3,(H,26,28)/t21-/m0/s1. The van der Waals surface area contributed by atoms with Crippen molar-refractivity contribution < 1.29 is 19.1 Å². The molecule has 1 aliphatic carbocycles. The molecule has 1 saturated carbocycles. The maximum Gasteiger partial charge on any atom is 0.254 e. The summed E-state index contributed by atoms with van der Waals surface area (Å²) in [5.41, 5.74) is 1.31. The van der Waals surface area contributed by atoms with Gasteiger partial charge in [0.1, 0.15) is 5.75 Å². The average Bonchev–Trinajstić information content (AvgIpc) is 3.24. The monoisotopic (exact) mass is 442 g/mol. The van der Waals surface area contributed by atoms with E-state index in [-0.39, 0.29) is 11.8 Å². The minimum absolute atomic E-state index is 0.0288. The van der Waals surface area contributed by atoms with E-state index in [0.717, 1.165) is 31.2 Å². The highest BCUT2D eigenvalue weighted by Crippen LogP contribution is 2.50. The van der Waals surface area contributed by atoms with E-state index in [1.807, 2.05) is 23.1 Å². The van der Waals surface area contributed by atoms with Gasteiger partial charge in [-0.05, 0) is 42.7 Å². The van der Waals surface area contributed by atoms with E-state index in [9.17, 15) is 9.59 Å². The lowest BCUT2D eigenvalue weighted by molar-refractivity contribution is -0.121. The molecule has 0 radical (unpaired) electrons. The van der Waals surface area contributed by atoms with Gasteiger partial charge in [-0.25, -0.2) is 0 Å². The molecule has 0 saturated heterocycles. The van der Waals surface area contributed by atoms with E-state index in [1.54, 1.807) is 38.5 Å². The van der Waals surface area contributed by atoms with Crippen molar-refractivity contribution in [3.8, 4) is 5.75 Å². The molecule has 2 aliphatic rings. The van der Waals surface area contributed by atoms with Gasteiger partial charge in [0, 0.05) is 24.2 Å². The van der Waals surface area contributed by atoms with Crippen molar-refractivity contribution in [2.45, 2.75) is 37.1 Å². The first-order valence-corrected chi connectivity index (χ1v) is 10.9. The molecule has 1 atom stereocenters. The molecular formula is C24H27ClN2O4. The van der Waals surface area contributed by atoms with Crippen LogP contribution in [0.4, 0.5) is 5.69 Å². The quantitative estimate of drug-likeness (QED) is 0.715. The molecule has 1 spiro atoms. The molecule has 4 rings (SSSR count). The number of anilines is 1. The molecule has 2 aromatic rings. The smallest absolute Gasteiger partial charge is 0.254 e. The Bertz CT molecular complexity index is 987. The number of methoxy groups -OCH3 is 2. The third-order valence-electron chi connectivity index (χ3n) is 6.49. The Morgan fingerprint density at radius 2 is 1.94 bits per heavy atom. The van der Waals surface area contributed by atoms with E-state index in [2.05, 4.69) is 5.32 Å². The highest BCUT2D eigenvalue weighted by molar-refractivity contribution is 6.31. The first-order valence-electron chi connectivity index (χ1n) is 10.6. The number of halogens is 1. The van der Waals surface area contributed by atoms with Crippen LogP contribution in [0.25, 0.3) is 0 Å². The van der Waals surface area contributed by atoms with Gasteiger partial charge in [0.25, 0.3) is 5.91 Å². The number of carbonyl (C=O) groups excluding carboxylic acids is 2. The molecule has 0 unspecified atom stereocenters. The predicted octanol–water partition coefficient (Wildman–Crippen LogP) is 4.49. The van der Waals surface area contributed by atoms with Crippen molar-refractivity contribution in [3.63, 3.8) is 0 Å². The fourth-order valence-corrected chi connectivity index (χ4v) is 5.33. The van der Waals surface area contributed by atoms with Crippen molar-refractivity contribution in [1.82, 2.24) is 4.90 Å². The zero-order valence-electron chi connectivity index (χ0n) is 17.8. The van der Waals surface area contributed by atoms with E-state index in [0.29, 0.717) is 35.2 Å². The number of hydrogen-bond donors (Lipinski definition) is 1. The Labute approximate surface area is 187 Å². The number of carbonyl (C=O) groups is 2. The Kier molecular flexibility index (Phi) is 6.21. The molecule has 2 amide bonds. The van der Waals surface area contributed by atoms with E-state index < -0.39 is 11.5 Å². The topological polar surface area (TPSA) is 67.9 Å². The summed E-state index contributed by atoms with van der Waals surface area (Å²) in [6, 6.07) is 12.6. The summed E-state index contributed by atoms with van der Waals surface area (Å²) in [6.45, 7) is 0.875. The summed E-state index contributed by atoms with van der Waals surface area (Å²) in [5.74, 6) is -0.150. The van der Waals surface area contributed by atoms with Gasteiger partial charge in [0.05, 0.1) is 30.9 Å². The third-order valence-corrected chi connectivity index (χ3v) is 6.73. The molecule has 1 fully saturated rings. The highest BCUT2D eigenvalue weighted by atomic mass is 35.5. The predicted molar refractivity (Wildman–Crippen MR) is 120 cm³/mol. The van der Waals surface area contributed by atoms with Crippen LogP contribution in [0.2, 0.25) is 5.02 Å². The Morgan fingerprint density at radius 3 is 2.65 bits per heavy atom. The minimum atomic E-state index is -0.570. The number of rotatable bonds is 6. The number of benzene rings is 2. The molecule has 1 aliphatic heterocycles. The van der Waals surface area contributed by atoms with Crippen LogP contribution in [-0.2, 0) is 9.53 Å². The van der Waals surface area contributed by atoms with E-state index in [4.69, 9.17) is 21.1 Å². The van der Waals surface area contributed by atoms with Crippen molar-refractivity contribution in [3.05, 3.63) is 58.6 Å².